The number of hydrogen-bond donors (Lipinski definition) is 1. The molecule has 0 saturated heterocycles. The maximum atomic E-state index is 14.1. The second-order valence-corrected chi connectivity index (χ2v) is 8.35. The standard InChI is InChI=1S/C21H32FN3O.ClH/c1-24(2)10-11-25(14-17-6-3-4-9-19(17)22)21(26)18-12-15-7-5-8-16(13-18)20(15)23;/h3-4,6,9,15-16,18,20H,5,7-8,10-14,23H2,1-2H3;1H. The van der Waals surface area contributed by atoms with Gasteiger partial charge in [-0.15, -0.1) is 12.4 Å². The fourth-order valence-corrected chi connectivity index (χ4v) is 4.67. The minimum atomic E-state index is -0.238. The number of nitrogens with two attached hydrogens (primary N) is 1. The lowest BCUT2D eigenvalue weighted by molar-refractivity contribution is -0.139. The van der Waals surface area contributed by atoms with Crippen molar-refractivity contribution in [3.8, 4) is 0 Å². The van der Waals surface area contributed by atoms with E-state index in [1.807, 2.05) is 25.1 Å². The predicted molar refractivity (Wildman–Crippen MR) is 109 cm³/mol. The quantitative estimate of drug-likeness (QED) is 0.801. The van der Waals surface area contributed by atoms with Crippen molar-refractivity contribution in [1.82, 2.24) is 9.80 Å². The summed E-state index contributed by atoms with van der Waals surface area (Å²) in [7, 11) is 3.99. The highest BCUT2D eigenvalue weighted by Gasteiger charge is 2.41. The molecule has 1 amide bonds. The number of amides is 1. The number of carbonyl (C=O) groups excluding carboxylic acids is 1. The zero-order valence-corrected chi connectivity index (χ0v) is 17.3. The number of benzene rings is 1. The zero-order chi connectivity index (χ0) is 18.7. The lowest BCUT2D eigenvalue weighted by atomic mass is 9.65. The van der Waals surface area contributed by atoms with Gasteiger partial charge in [-0.1, -0.05) is 24.6 Å². The molecule has 2 saturated carbocycles. The van der Waals surface area contributed by atoms with E-state index >= 15 is 0 Å². The van der Waals surface area contributed by atoms with E-state index in [-0.39, 0.29) is 36.1 Å². The van der Waals surface area contributed by atoms with Gasteiger partial charge in [-0.3, -0.25) is 4.79 Å². The number of hydrogen-bond acceptors (Lipinski definition) is 3. The molecule has 2 atom stereocenters. The number of fused-ring (bicyclic) bond motifs is 2. The number of halogens is 2. The highest BCUT2D eigenvalue weighted by Crippen LogP contribution is 2.42. The smallest absolute Gasteiger partial charge is 0.226 e. The topological polar surface area (TPSA) is 49.6 Å². The van der Waals surface area contributed by atoms with Crippen LogP contribution in [0.1, 0.15) is 37.7 Å². The van der Waals surface area contributed by atoms with Gasteiger partial charge in [0, 0.05) is 37.2 Å². The molecule has 6 heteroatoms. The third-order valence-electron chi connectivity index (χ3n) is 6.21. The molecule has 152 valence electrons. The maximum Gasteiger partial charge on any atom is 0.226 e. The van der Waals surface area contributed by atoms with Crippen molar-refractivity contribution in [2.75, 3.05) is 27.2 Å². The molecule has 2 unspecified atom stereocenters. The molecule has 27 heavy (non-hydrogen) atoms. The van der Waals surface area contributed by atoms with Crippen LogP contribution in [0, 0.1) is 23.6 Å². The van der Waals surface area contributed by atoms with Crippen molar-refractivity contribution in [3.63, 3.8) is 0 Å². The molecule has 0 radical (unpaired) electrons. The third-order valence-corrected chi connectivity index (χ3v) is 6.21. The van der Waals surface area contributed by atoms with Gasteiger partial charge in [0.05, 0.1) is 0 Å². The molecule has 0 spiro atoms. The Hall–Kier alpha value is -1.17. The minimum absolute atomic E-state index is 0. The molecule has 2 N–H and O–H groups in total. The summed E-state index contributed by atoms with van der Waals surface area (Å²) in [5.41, 5.74) is 6.97. The Bertz CT molecular complexity index is 613. The number of likely N-dealkylation sites (N-methyl/N-ethyl adjacent to an activating group) is 1. The summed E-state index contributed by atoms with van der Waals surface area (Å²) in [6.45, 7) is 1.74. The summed E-state index contributed by atoms with van der Waals surface area (Å²) in [5.74, 6) is 0.928. The van der Waals surface area contributed by atoms with E-state index in [1.165, 1.54) is 12.5 Å². The van der Waals surface area contributed by atoms with E-state index in [1.54, 1.807) is 12.1 Å². The first kappa shape index (κ1) is 22.1. The van der Waals surface area contributed by atoms with Gasteiger partial charge in [-0.05, 0) is 57.7 Å². The van der Waals surface area contributed by atoms with Crippen LogP contribution < -0.4 is 5.73 Å². The number of carbonyl (C=O) groups is 1. The largest absolute Gasteiger partial charge is 0.337 e. The van der Waals surface area contributed by atoms with E-state index in [0.29, 0.717) is 30.5 Å². The molecule has 2 fully saturated rings. The SMILES string of the molecule is CN(C)CCN(Cc1ccccc1F)C(=O)C1CC2CCCC(C1)C2N.Cl. The first-order valence-electron chi connectivity index (χ1n) is 9.88. The van der Waals surface area contributed by atoms with E-state index < -0.39 is 0 Å². The maximum absolute atomic E-state index is 14.1. The minimum Gasteiger partial charge on any atom is -0.337 e. The average molecular weight is 398 g/mol. The van der Waals surface area contributed by atoms with Gasteiger partial charge in [0.25, 0.3) is 0 Å². The van der Waals surface area contributed by atoms with E-state index in [9.17, 15) is 9.18 Å². The molecule has 1 aromatic carbocycles. The van der Waals surface area contributed by atoms with Crippen LogP contribution in [0.4, 0.5) is 4.39 Å². The van der Waals surface area contributed by atoms with Gasteiger partial charge in [-0.25, -0.2) is 4.39 Å². The van der Waals surface area contributed by atoms with Gasteiger partial charge in [-0.2, -0.15) is 0 Å². The fraction of sp³-hybridized carbons (Fsp3) is 0.667. The monoisotopic (exact) mass is 397 g/mol. The molecular weight excluding hydrogens is 365 g/mol. The van der Waals surface area contributed by atoms with Crippen molar-refractivity contribution < 1.29 is 9.18 Å². The first-order valence-corrected chi connectivity index (χ1v) is 9.88. The Morgan fingerprint density at radius 2 is 1.78 bits per heavy atom. The Kier molecular flexibility index (Phi) is 8.07. The highest BCUT2D eigenvalue weighted by molar-refractivity contribution is 5.85. The van der Waals surface area contributed by atoms with E-state index in [4.69, 9.17) is 5.73 Å². The van der Waals surface area contributed by atoms with Gasteiger partial charge in [0.2, 0.25) is 5.91 Å². The van der Waals surface area contributed by atoms with Gasteiger partial charge in [0.15, 0.2) is 0 Å². The van der Waals surface area contributed by atoms with Crippen LogP contribution in [-0.2, 0) is 11.3 Å². The predicted octanol–water partition coefficient (Wildman–Crippen LogP) is 3.29. The first-order chi connectivity index (χ1) is 12.5. The highest BCUT2D eigenvalue weighted by atomic mass is 35.5. The lowest BCUT2D eigenvalue weighted by Gasteiger charge is -2.44. The summed E-state index contributed by atoms with van der Waals surface area (Å²) in [4.78, 5) is 17.2. The van der Waals surface area contributed by atoms with Crippen LogP contribution in [0.5, 0.6) is 0 Å². The van der Waals surface area contributed by atoms with E-state index in [2.05, 4.69) is 4.90 Å². The normalized spacial score (nSPS) is 27.1. The Morgan fingerprint density at radius 1 is 1.15 bits per heavy atom. The summed E-state index contributed by atoms with van der Waals surface area (Å²) < 4.78 is 14.1. The van der Waals surface area contributed by atoms with Crippen LogP contribution in [0.3, 0.4) is 0 Å². The van der Waals surface area contributed by atoms with Gasteiger partial charge < -0.3 is 15.5 Å². The molecule has 2 aliphatic carbocycles. The second-order valence-electron chi connectivity index (χ2n) is 8.35. The molecule has 3 rings (SSSR count). The van der Waals surface area contributed by atoms with Gasteiger partial charge in [0.1, 0.15) is 5.82 Å². The average Bonchev–Trinajstić information content (AvgIpc) is 2.59. The van der Waals surface area contributed by atoms with Crippen LogP contribution in [0.15, 0.2) is 24.3 Å². The van der Waals surface area contributed by atoms with E-state index in [0.717, 1.165) is 32.2 Å². The molecule has 4 nitrogen and oxygen atoms in total. The molecule has 0 heterocycles. The Morgan fingerprint density at radius 3 is 2.37 bits per heavy atom. The Labute approximate surface area is 168 Å². The molecular formula is C21H33ClFN3O. The van der Waals surface area contributed by atoms with Crippen molar-refractivity contribution in [2.45, 2.75) is 44.7 Å². The molecule has 0 aliphatic heterocycles. The molecule has 1 aromatic rings. The van der Waals surface area contributed by atoms with Crippen LogP contribution in [0.2, 0.25) is 0 Å². The fourth-order valence-electron chi connectivity index (χ4n) is 4.67. The summed E-state index contributed by atoms with van der Waals surface area (Å²) in [6.07, 6.45) is 5.32. The Balaban J connectivity index is 0.00000261. The van der Waals surface area contributed by atoms with Crippen LogP contribution >= 0.6 is 12.4 Å². The third kappa shape index (κ3) is 5.43. The second kappa shape index (κ2) is 9.85. The zero-order valence-electron chi connectivity index (χ0n) is 16.4. The lowest BCUT2D eigenvalue weighted by Crippen LogP contribution is -2.50. The van der Waals surface area contributed by atoms with Crippen LogP contribution in [-0.4, -0.2) is 48.9 Å². The van der Waals surface area contributed by atoms with Crippen molar-refractivity contribution in [2.24, 2.45) is 23.5 Å². The van der Waals surface area contributed by atoms with Crippen LogP contribution in [0.25, 0.3) is 0 Å². The van der Waals surface area contributed by atoms with Gasteiger partial charge >= 0.3 is 0 Å². The van der Waals surface area contributed by atoms with Crippen molar-refractivity contribution in [1.29, 1.82) is 0 Å². The molecule has 2 aliphatic rings. The van der Waals surface area contributed by atoms with Crippen molar-refractivity contribution in [3.05, 3.63) is 35.6 Å². The summed E-state index contributed by atoms with van der Waals surface area (Å²) in [5, 5.41) is 0. The molecule has 2 bridgehead atoms. The summed E-state index contributed by atoms with van der Waals surface area (Å²) in [6, 6.07) is 7.02. The number of nitrogens with zero attached hydrogens (tertiary/aromatic N) is 2. The molecule has 0 aromatic heterocycles. The van der Waals surface area contributed by atoms with Crippen molar-refractivity contribution >= 4 is 18.3 Å². The summed E-state index contributed by atoms with van der Waals surface area (Å²) >= 11 is 0. The number of rotatable bonds is 6.